The summed E-state index contributed by atoms with van der Waals surface area (Å²) >= 11 is 0. The first-order valence-corrected chi connectivity index (χ1v) is 10.5. The molecule has 3 aromatic rings. The predicted molar refractivity (Wildman–Crippen MR) is 111 cm³/mol. The molecule has 0 fully saturated rings. The van der Waals surface area contributed by atoms with Crippen LogP contribution in [0.25, 0.3) is 10.9 Å². The number of nitrogens with two attached hydrogens (primary N) is 1. The third kappa shape index (κ3) is 3.59. The zero-order valence-corrected chi connectivity index (χ0v) is 17.6. The van der Waals surface area contributed by atoms with E-state index < -0.39 is 21.9 Å². The highest BCUT2D eigenvalue weighted by atomic mass is 32.2. The number of aromatic nitrogens is 1. The molecule has 8 heteroatoms. The zero-order chi connectivity index (χ0) is 21.5. The largest absolute Gasteiger partial charge is 0.398 e. The van der Waals surface area contributed by atoms with Crippen LogP contribution in [-0.4, -0.2) is 30.4 Å². The molecule has 2 N–H and O–H groups in total. The number of hydrogen-bond acceptors (Lipinski definition) is 4. The van der Waals surface area contributed by atoms with Crippen molar-refractivity contribution < 1.29 is 12.8 Å². The van der Waals surface area contributed by atoms with E-state index in [1.165, 1.54) is 17.4 Å². The maximum atomic E-state index is 14.4. The van der Waals surface area contributed by atoms with Crippen LogP contribution in [0.1, 0.15) is 23.6 Å². The van der Waals surface area contributed by atoms with Crippen LogP contribution >= 0.6 is 0 Å². The normalized spacial score (nSPS) is 13.0. The molecule has 3 rings (SSSR count). The second-order valence-electron chi connectivity index (χ2n) is 7.31. The monoisotopic (exact) mass is 414 g/mol. The Bertz CT molecular complexity index is 1220. The van der Waals surface area contributed by atoms with Gasteiger partial charge in [-0.1, -0.05) is 18.2 Å². The van der Waals surface area contributed by atoms with Gasteiger partial charge in [-0.15, -0.1) is 0 Å². The van der Waals surface area contributed by atoms with Gasteiger partial charge in [-0.3, -0.25) is 0 Å². The van der Waals surface area contributed by atoms with Gasteiger partial charge >= 0.3 is 0 Å². The summed E-state index contributed by atoms with van der Waals surface area (Å²) in [6.07, 6.45) is 1.55. The predicted octanol–water partition coefficient (Wildman–Crippen LogP) is 3.56. The smallest absolute Gasteiger partial charge is 0.245 e. The molecule has 0 saturated carbocycles. The van der Waals surface area contributed by atoms with Crippen LogP contribution in [0.2, 0.25) is 0 Å². The molecule has 152 valence electrons. The summed E-state index contributed by atoms with van der Waals surface area (Å²) in [6, 6.07) is 9.50. The summed E-state index contributed by atoms with van der Waals surface area (Å²) < 4.78 is 43.7. The molecule has 0 aliphatic carbocycles. The van der Waals surface area contributed by atoms with E-state index in [1.54, 1.807) is 48.9 Å². The van der Waals surface area contributed by atoms with Gasteiger partial charge in [-0.25, -0.2) is 12.8 Å². The topological polar surface area (TPSA) is 92.1 Å². The summed E-state index contributed by atoms with van der Waals surface area (Å²) in [6.45, 7) is 5.48. The van der Waals surface area contributed by atoms with E-state index in [0.29, 0.717) is 16.5 Å². The Labute approximate surface area is 170 Å². The standard InChI is InChI=1S/C21H23FN4O2S/c1-13-8-14(2)21(19(24)9-13)29(27,28)25(4)15(3)11-26-12-16(10-23)17-6-5-7-18(22)20(17)26/h5-9,12,15H,11,24H2,1-4H3/t15-/m0/s1. The lowest BCUT2D eigenvalue weighted by Crippen LogP contribution is -2.38. The number of sulfonamides is 1. The van der Waals surface area contributed by atoms with Crippen LogP contribution in [0.5, 0.6) is 0 Å². The number of para-hydroxylation sites is 1. The first kappa shape index (κ1) is 20.8. The van der Waals surface area contributed by atoms with Crippen molar-refractivity contribution in [1.82, 2.24) is 8.87 Å². The Morgan fingerprint density at radius 2 is 2.00 bits per heavy atom. The van der Waals surface area contributed by atoms with E-state index in [2.05, 4.69) is 6.07 Å². The van der Waals surface area contributed by atoms with Crippen LogP contribution in [-0.2, 0) is 16.6 Å². The van der Waals surface area contributed by atoms with Crippen LogP contribution in [0, 0.1) is 31.0 Å². The van der Waals surface area contributed by atoms with Crippen molar-refractivity contribution >= 4 is 26.6 Å². The van der Waals surface area contributed by atoms with Crippen LogP contribution in [0.15, 0.2) is 41.4 Å². The average molecular weight is 415 g/mol. The van der Waals surface area contributed by atoms with E-state index in [-0.39, 0.29) is 22.6 Å². The van der Waals surface area contributed by atoms with Crippen molar-refractivity contribution in [2.75, 3.05) is 12.8 Å². The van der Waals surface area contributed by atoms with Gasteiger partial charge in [0.2, 0.25) is 10.0 Å². The second kappa shape index (κ2) is 7.50. The molecule has 6 nitrogen and oxygen atoms in total. The number of nitrogen functional groups attached to an aromatic ring is 1. The van der Waals surface area contributed by atoms with Crippen molar-refractivity contribution in [3.8, 4) is 6.07 Å². The minimum atomic E-state index is -3.86. The first-order valence-electron chi connectivity index (χ1n) is 9.10. The summed E-state index contributed by atoms with van der Waals surface area (Å²) in [7, 11) is -2.38. The summed E-state index contributed by atoms with van der Waals surface area (Å²) in [4.78, 5) is 0.0821. The number of likely N-dealkylation sites (N-methyl/N-ethyl adjacent to an activating group) is 1. The van der Waals surface area contributed by atoms with Crippen molar-refractivity contribution in [3.63, 3.8) is 0 Å². The molecule has 0 spiro atoms. The van der Waals surface area contributed by atoms with Gasteiger partial charge in [-0.05, 0) is 44.0 Å². The molecule has 1 heterocycles. The van der Waals surface area contributed by atoms with E-state index in [1.807, 2.05) is 6.92 Å². The minimum Gasteiger partial charge on any atom is -0.398 e. The molecule has 0 amide bonds. The Hall–Kier alpha value is -2.89. The molecule has 0 radical (unpaired) electrons. The van der Waals surface area contributed by atoms with Gasteiger partial charge in [0.1, 0.15) is 16.8 Å². The maximum absolute atomic E-state index is 14.4. The van der Waals surface area contributed by atoms with Crippen LogP contribution in [0.3, 0.4) is 0 Å². The van der Waals surface area contributed by atoms with Crippen molar-refractivity contribution in [3.05, 3.63) is 59.0 Å². The molecule has 0 bridgehead atoms. The maximum Gasteiger partial charge on any atom is 0.245 e. The Morgan fingerprint density at radius 3 is 2.62 bits per heavy atom. The van der Waals surface area contributed by atoms with Crippen molar-refractivity contribution in [2.24, 2.45) is 0 Å². The number of benzene rings is 2. The molecular weight excluding hydrogens is 391 g/mol. The number of nitriles is 1. The van der Waals surface area contributed by atoms with Gasteiger partial charge < -0.3 is 10.3 Å². The molecule has 2 aromatic carbocycles. The van der Waals surface area contributed by atoms with Gasteiger partial charge in [0.15, 0.2) is 0 Å². The quantitative estimate of drug-likeness (QED) is 0.646. The summed E-state index contributed by atoms with van der Waals surface area (Å²) in [5.41, 5.74) is 8.30. The Balaban J connectivity index is 1.99. The lowest BCUT2D eigenvalue weighted by Gasteiger charge is -2.26. The lowest BCUT2D eigenvalue weighted by molar-refractivity contribution is 0.355. The fourth-order valence-corrected chi connectivity index (χ4v) is 5.32. The number of halogens is 1. The SMILES string of the molecule is Cc1cc(C)c(S(=O)(=O)N(C)[C@@H](C)Cn2cc(C#N)c3cccc(F)c32)c(N)c1. The van der Waals surface area contributed by atoms with Gasteiger partial charge in [0, 0.05) is 31.2 Å². The fraction of sp³-hybridized carbons (Fsp3) is 0.286. The van der Waals surface area contributed by atoms with Crippen LogP contribution in [0.4, 0.5) is 10.1 Å². The third-order valence-electron chi connectivity index (χ3n) is 5.14. The van der Waals surface area contributed by atoms with Crippen molar-refractivity contribution in [1.29, 1.82) is 5.26 Å². The van der Waals surface area contributed by atoms with E-state index in [4.69, 9.17) is 5.73 Å². The highest BCUT2D eigenvalue weighted by Crippen LogP contribution is 2.29. The minimum absolute atomic E-state index is 0.0821. The molecule has 0 aliphatic heterocycles. The number of hydrogen-bond donors (Lipinski definition) is 1. The Morgan fingerprint density at radius 1 is 1.31 bits per heavy atom. The molecule has 0 saturated heterocycles. The lowest BCUT2D eigenvalue weighted by atomic mass is 10.1. The molecular formula is C21H23FN4O2S. The number of aryl methyl sites for hydroxylation is 2. The highest BCUT2D eigenvalue weighted by molar-refractivity contribution is 7.89. The molecule has 0 aliphatic rings. The van der Waals surface area contributed by atoms with E-state index in [9.17, 15) is 18.1 Å². The molecule has 0 unspecified atom stereocenters. The molecule has 1 atom stereocenters. The molecule has 1 aromatic heterocycles. The third-order valence-corrected chi connectivity index (χ3v) is 7.33. The number of fused-ring (bicyclic) bond motifs is 1. The Kier molecular flexibility index (Phi) is 5.39. The second-order valence-corrected chi connectivity index (χ2v) is 9.25. The first-order chi connectivity index (χ1) is 13.6. The average Bonchev–Trinajstić information content (AvgIpc) is 2.98. The van der Waals surface area contributed by atoms with Crippen LogP contribution < -0.4 is 5.73 Å². The van der Waals surface area contributed by atoms with Gasteiger partial charge in [-0.2, -0.15) is 9.57 Å². The number of rotatable bonds is 5. The van der Waals surface area contributed by atoms with E-state index >= 15 is 0 Å². The summed E-state index contributed by atoms with van der Waals surface area (Å²) in [5, 5.41) is 9.84. The number of nitrogens with zero attached hydrogens (tertiary/aromatic N) is 3. The summed E-state index contributed by atoms with van der Waals surface area (Å²) in [5.74, 6) is -0.458. The number of anilines is 1. The van der Waals surface area contributed by atoms with Gasteiger partial charge in [0.05, 0.1) is 16.8 Å². The van der Waals surface area contributed by atoms with Crippen molar-refractivity contribution in [2.45, 2.75) is 38.3 Å². The van der Waals surface area contributed by atoms with E-state index in [0.717, 1.165) is 5.56 Å². The van der Waals surface area contributed by atoms with Gasteiger partial charge in [0.25, 0.3) is 0 Å². The highest BCUT2D eigenvalue weighted by Gasteiger charge is 2.29. The zero-order valence-electron chi connectivity index (χ0n) is 16.8. The fourth-order valence-electron chi connectivity index (χ4n) is 3.67. The molecule has 29 heavy (non-hydrogen) atoms.